The predicted molar refractivity (Wildman–Crippen MR) is 188 cm³/mol. The van der Waals surface area contributed by atoms with E-state index in [1.165, 1.54) is 6.26 Å². The molecule has 0 aromatic carbocycles. The van der Waals surface area contributed by atoms with Crippen LogP contribution < -0.4 is 10.1 Å². The molecular weight excluding hydrogens is 655 g/mol. The Morgan fingerprint density at radius 3 is 2.38 bits per heavy atom. The molecule has 11 nitrogen and oxygen atoms in total. The van der Waals surface area contributed by atoms with Crippen molar-refractivity contribution in [1.82, 2.24) is 25.2 Å². The van der Waals surface area contributed by atoms with Crippen LogP contribution in [-0.4, -0.2) is 78.3 Å². The van der Waals surface area contributed by atoms with Crippen molar-refractivity contribution in [1.29, 1.82) is 0 Å². The Labute approximate surface area is 294 Å². The minimum absolute atomic E-state index is 0.0620. The molecule has 1 saturated heterocycles. The number of aryl methyl sites for hydroxylation is 1. The largest absolute Gasteiger partial charge is 0.495 e. The molecule has 4 heterocycles. The summed E-state index contributed by atoms with van der Waals surface area (Å²) < 4.78 is 35.2. The molecule has 2 amide bonds. The van der Waals surface area contributed by atoms with Crippen molar-refractivity contribution in [3.63, 3.8) is 0 Å². The Balaban J connectivity index is 0.980. The molecule has 1 aliphatic heterocycles. The Kier molecular flexibility index (Phi) is 9.75. The van der Waals surface area contributed by atoms with E-state index in [-0.39, 0.29) is 37.2 Å². The minimum atomic E-state index is -3.19. The number of amides is 2. The van der Waals surface area contributed by atoms with E-state index in [0.29, 0.717) is 50.0 Å². The second-order valence-electron chi connectivity index (χ2n) is 15.2. The van der Waals surface area contributed by atoms with Gasteiger partial charge in [0.05, 0.1) is 18.1 Å². The number of carbonyl (C=O) groups excluding carboxylic acids is 2. The van der Waals surface area contributed by atoms with Gasteiger partial charge in [-0.1, -0.05) is 0 Å². The van der Waals surface area contributed by atoms with E-state index in [9.17, 15) is 18.0 Å². The number of likely N-dealkylation sites (tertiary alicyclic amines) is 1. The van der Waals surface area contributed by atoms with Crippen molar-refractivity contribution < 1.29 is 27.2 Å². The summed E-state index contributed by atoms with van der Waals surface area (Å²) in [4.78, 5) is 43.1. The van der Waals surface area contributed by atoms with Gasteiger partial charge in [0.25, 0.3) is 0 Å². The smallest absolute Gasteiger partial charge is 0.223 e. The van der Waals surface area contributed by atoms with Gasteiger partial charge >= 0.3 is 0 Å². The maximum absolute atomic E-state index is 13.6. The first kappa shape index (κ1) is 34.6. The van der Waals surface area contributed by atoms with Gasteiger partial charge in [-0.25, -0.2) is 13.4 Å². The van der Waals surface area contributed by atoms with Crippen molar-refractivity contribution in [3.8, 4) is 17.0 Å². The van der Waals surface area contributed by atoms with Crippen LogP contribution in [0.5, 0.6) is 5.75 Å². The fraction of sp³-hybridized carbons (Fsp3) is 0.605. The van der Waals surface area contributed by atoms with Crippen LogP contribution in [0.3, 0.4) is 0 Å². The Morgan fingerprint density at radius 2 is 1.72 bits per heavy atom. The van der Waals surface area contributed by atoms with Crippen molar-refractivity contribution in [2.75, 3.05) is 33.0 Å². The summed E-state index contributed by atoms with van der Waals surface area (Å²) in [5.41, 5.74) is 3.96. The first-order valence-corrected chi connectivity index (χ1v) is 20.1. The zero-order valence-electron chi connectivity index (χ0n) is 29.4. The lowest BCUT2D eigenvalue weighted by atomic mass is 9.66. The number of sulfone groups is 1. The molecule has 0 bridgehead atoms. The molecule has 3 aliphatic carbocycles. The maximum atomic E-state index is 13.6. The third kappa shape index (κ3) is 7.45. The molecule has 12 heteroatoms. The number of oxazole rings is 1. The highest BCUT2D eigenvalue weighted by Crippen LogP contribution is 2.46. The topological polar surface area (TPSA) is 145 Å². The van der Waals surface area contributed by atoms with Gasteiger partial charge in [0, 0.05) is 78.6 Å². The van der Waals surface area contributed by atoms with Crippen LogP contribution in [0.25, 0.3) is 11.3 Å². The van der Waals surface area contributed by atoms with E-state index in [1.54, 1.807) is 24.5 Å². The van der Waals surface area contributed by atoms with Crippen LogP contribution in [0.15, 0.2) is 41.1 Å². The van der Waals surface area contributed by atoms with Crippen LogP contribution in [0.2, 0.25) is 0 Å². The third-order valence-electron chi connectivity index (χ3n) is 11.8. The number of ether oxygens (including phenoxy) is 1. The van der Waals surface area contributed by atoms with Gasteiger partial charge in [0.15, 0.2) is 15.7 Å². The highest BCUT2D eigenvalue weighted by atomic mass is 32.2. The Bertz CT molecular complexity index is 1820. The first-order chi connectivity index (χ1) is 24.0. The van der Waals surface area contributed by atoms with Crippen molar-refractivity contribution in [2.45, 2.75) is 100 Å². The Hall–Kier alpha value is -3.80. The number of methoxy groups -OCH3 is 1. The molecule has 0 spiro atoms. The van der Waals surface area contributed by atoms with Crippen molar-refractivity contribution in [3.05, 3.63) is 59.7 Å². The quantitative estimate of drug-likeness (QED) is 0.274. The number of hydrogen-bond acceptors (Lipinski definition) is 9. The molecule has 3 saturated carbocycles. The SMILES string of the molecule is COc1ccc([C@H]2CC[C@H](CNC(=O)C3CCC(CC(=O)N4CC(S(C)(=O)=O)C4)(c4cc(-c5coc(C6CC6)n5)ccn4)CC3)CC2)nc1C. The van der Waals surface area contributed by atoms with Crippen molar-refractivity contribution >= 4 is 21.7 Å². The summed E-state index contributed by atoms with van der Waals surface area (Å²) in [5, 5.41) is 2.77. The zero-order chi connectivity index (χ0) is 35.0. The van der Waals surface area contributed by atoms with Crippen LogP contribution in [0, 0.1) is 18.8 Å². The summed E-state index contributed by atoms with van der Waals surface area (Å²) in [6.45, 7) is 3.12. The number of aromatic nitrogens is 3. The highest BCUT2D eigenvalue weighted by Gasteiger charge is 2.45. The molecule has 0 radical (unpaired) electrons. The normalized spacial score (nSPS) is 25.9. The van der Waals surface area contributed by atoms with E-state index in [0.717, 1.165) is 78.5 Å². The van der Waals surface area contributed by atoms with E-state index >= 15 is 0 Å². The van der Waals surface area contributed by atoms with Gasteiger partial charge in [-0.2, -0.15) is 0 Å². The second-order valence-corrected chi connectivity index (χ2v) is 17.6. The van der Waals surface area contributed by atoms with E-state index < -0.39 is 20.5 Å². The third-order valence-corrected chi connectivity index (χ3v) is 13.3. The van der Waals surface area contributed by atoms with Gasteiger partial charge in [0.1, 0.15) is 17.7 Å². The zero-order valence-corrected chi connectivity index (χ0v) is 30.2. The molecule has 50 heavy (non-hydrogen) atoms. The first-order valence-electron chi connectivity index (χ1n) is 18.2. The van der Waals surface area contributed by atoms with E-state index in [2.05, 4.69) is 11.4 Å². The molecule has 4 aliphatic rings. The van der Waals surface area contributed by atoms with Crippen LogP contribution in [0.4, 0.5) is 0 Å². The molecule has 0 atom stereocenters. The summed E-state index contributed by atoms with van der Waals surface area (Å²) in [6, 6.07) is 8.03. The van der Waals surface area contributed by atoms with Gasteiger partial charge in [-0.15, -0.1) is 0 Å². The minimum Gasteiger partial charge on any atom is -0.495 e. The number of rotatable bonds is 11. The van der Waals surface area contributed by atoms with Gasteiger partial charge < -0.3 is 19.4 Å². The number of hydrogen-bond donors (Lipinski definition) is 1. The van der Waals surface area contributed by atoms with Gasteiger partial charge in [0.2, 0.25) is 11.8 Å². The summed E-state index contributed by atoms with van der Waals surface area (Å²) in [7, 11) is -1.52. The lowest BCUT2D eigenvalue weighted by Gasteiger charge is -2.43. The number of carbonyl (C=O) groups is 2. The van der Waals surface area contributed by atoms with E-state index in [4.69, 9.17) is 24.1 Å². The average Bonchev–Trinajstić information content (AvgIpc) is 3.82. The molecule has 4 fully saturated rings. The molecule has 268 valence electrons. The van der Waals surface area contributed by atoms with Crippen molar-refractivity contribution in [2.24, 2.45) is 11.8 Å². The summed E-state index contributed by atoms with van der Waals surface area (Å²) >= 11 is 0. The summed E-state index contributed by atoms with van der Waals surface area (Å²) in [6.07, 6.45) is 13.9. The highest BCUT2D eigenvalue weighted by molar-refractivity contribution is 7.91. The van der Waals surface area contributed by atoms with Crippen LogP contribution in [0.1, 0.15) is 105 Å². The van der Waals surface area contributed by atoms with E-state index in [1.807, 2.05) is 25.1 Å². The number of pyridine rings is 2. The second kappa shape index (κ2) is 14.1. The fourth-order valence-electron chi connectivity index (χ4n) is 8.15. The monoisotopic (exact) mass is 703 g/mol. The lowest BCUT2D eigenvalue weighted by molar-refractivity contribution is -0.136. The molecular formula is C38H49N5O6S. The Morgan fingerprint density at radius 1 is 1.00 bits per heavy atom. The molecule has 3 aromatic rings. The number of nitrogens with zero attached hydrogens (tertiary/aromatic N) is 4. The van der Waals surface area contributed by atoms with Gasteiger partial charge in [-0.3, -0.25) is 19.6 Å². The standard InChI is InChI=1S/C38H49N5O6S/c1-24-33(48-2)11-10-31(41-24)26-6-4-25(5-7-26)20-40-36(45)27-12-15-38(16-13-27,19-35(44)43-21-30(22-43)50(3,46)47)34-18-29(14-17-39-34)32-23-49-37(42-32)28-8-9-28/h10-11,14,17-18,23,25-28,30H,4-9,12-13,15-16,19-22H2,1-3H3,(H,40,45)/t25-,26-,27?,38?. The molecule has 0 unspecified atom stereocenters. The molecule has 3 aromatic heterocycles. The molecule has 1 N–H and O–H groups in total. The van der Waals surface area contributed by atoms with Gasteiger partial charge in [-0.05, 0) is 101 Å². The maximum Gasteiger partial charge on any atom is 0.223 e. The molecule has 7 rings (SSSR count). The summed E-state index contributed by atoms with van der Waals surface area (Å²) in [5.74, 6) is 2.78. The fourth-order valence-corrected chi connectivity index (χ4v) is 9.05. The number of nitrogens with one attached hydrogen (secondary N) is 1. The lowest BCUT2D eigenvalue weighted by Crippen LogP contribution is -2.57. The average molecular weight is 704 g/mol. The van der Waals surface area contributed by atoms with Crippen LogP contribution >= 0.6 is 0 Å². The van der Waals surface area contributed by atoms with Crippen LogP contribution in [-0.2, 0) is 24.8 Å². The predicted octanol–water partition coefficient (Wildman–Crippen LogP) is 5.49.